The number of hydrogen-bond donors (Lipinski definition) is 2. The molecule has 2 atom stereocenters. The molecule has 0 aliphatic rings. The molecule has 1 rings (SSSR count). The number of halogens is 1. The van der Waals surface area contributed by atoms with Crippen molar-refractivity contribution in [2.45, 2.75) is 32.5 Å². The van der Waals surface area contributed by atoms with Gasteiger partial charge in [0, 0.05) is 0 Å². The Balaban J connectivity index is 2.95. The van der Waals surface area contributed by atoms with E-state index < -0.39 is 12.2 Å². The van der Waals surface area contributed by atoms with Gasteiger partial charge in [0.1, 0.15) is 11.9 Å². The molecule has 2 nitrogen and oxygen atoms in total. The Morgan fingerprint density at radius 1 is 1.36 bits per heavy atom. The standard InChI is InChI=1S/C11H15FO2/c1-3-10(13)11(14)9-5-4-8(12)6-7(9)2/h4-6,10-11,13-14H,3H2,1-2H3. The maximum Gasteiger partial charge on any atom is 0.123 e. The zero-order valence-electron chi connectivity index (χ0n) is 8.37. The van der Waals surface area contributed by atoms with E-state index in [1.165, 1.54) is 18.2 Å². The molecule has 0 saturated carbocycles. The highest BCUT2D eigenvalue weighted by molar-refractivity contribution is 5.29. The second-order valence-corrected chi connectivity index (χ2v) is 3.42. The topological polar surface area (TPSA) is 40.5 Å². The van der Waals surface area contributed by atoms with Crippen LogP contribution in [-0.4, -0.2) is 16.3 Å². The van der Waals surface area contributed by atoms with Crippen molar-refractivity contribution < 1.29 is 14.6 Å². The molecule has 3 heteroatoms. The minimum absolute atomic E-state index is 0.329. The summed E-state index contributed by atoms with van der Waals surface area (Å²) in [5.41, 5.74) is 1.24. The molecule has 0 aliphatic heterocycles. The lowest BCUT2D eigenvalue weighted by Gasteiger charge is -2.18. The van der Waals surface area contributed by atoms with Crippen LogP contribution in [0.2, 0.25) is 0 Å². The van der Waals surface area contributed by atoms with Gasteiger partial charge in [-0.3, -0.25) is 0 Å². The third-order valence-corrected chi connectivity index (χ3v) is 2.33. The molecule has 0 heterocycles. The van der Waals surface area contributed by atoms with Gasteiger partial charge in [0.05, 0.1) is 6.10 Å². The third kappa shape index (κ3) is 2.30. The van der Waals surface area contributed by atoms with Gasteiger partial charge in [0.15, 0.2) is 0 Å². The van der Waals surface area contributed by atoms with Crippen LogP contribution in [0.4, 0.5) is 4.39 Å². The van der Waals surface area contributed by atoms with Crippen LogP contribution < -0.4 is 0 Å². The van der Waals surface area contributed by atoms with Crippen LogP contribution in [-0.2, 0) is 0 Å². The molecule has 0 aliphatic carbocycles. The van der Waals surface area contributed by atoms with E-state index in [1.54, 1.807) is 13.8 Å². The summed E-state index contributed by atoms with van der Waals surface area (Å²) in [7, 11) is 0. The third-order valence-electron chi connectivity index (χ3n) is 2.33. The Morgan fingerprint density at radius 3 is 2.50 bits per heavy atom. The van der Waals surface area contributed by atoms with Crippen LogP contribution in [0.3, 0.4) is 0 Å². The van der Waals surface area contributed by atoms with Crippen molar-refractivity contribution in [3.63, 3.8) is 0 Å². The maximum absolute atomic E-state index is 12.7. The van der Waals surface area contributed by atoms with E-state index in [4.69, 9.17) is 0 Å². The maximum atomic E-state index is 12.7. The molecule has 14 heavy (non-hydrogen) atoms. The average Bonchev–Trinajstić information content (AvgIpc) is 2.15. The lowest BCUT2D eigenvalue weighted by Crippen LogP contribution is -2.17. The van der Waals surface area contributed by atoms with E-state index >= 15 is 0 Å². The smallest absolute Gasteiger partial charge is 0.123 e. The summed E-state index contributed by atoms with van der Waals surface area (Å²) in [6.07, 6.45) is -1.25. The molecule has 0 aromatic heterocycles. The SMILES string of the molecule is CCC(O)C(O)c1ccc(F)cc1C. The quantitative estimate of drug-likeness (QED) is 0.779. The number of aliphatic hydroxyl groups is 2. The number of aliphatic hydroxyl groups excluding tert-OH is 2. The lowest BCUT2D eigenvalue weighted by atomic mass is 9.98. The van der Waals surface area contributed by atoms with Gasteiger partial charge >= 0.3 is 0 Å². The molecule has 2 unspecified atom stereocenters. The van der Waals surface area contributed by atoms with Crippen LogP contribution in [0.25, 0.3) is 0 Å². The first-order valence-electron chi connectivity index (χ1n) is 4.68. The van der Waals surface area contributed by atoms with Crippen molar-refractivity contribution in [1.29, 1.82) is 0 Å². The number of hydrogen-bond acceptors (Lipinski definition) is 2. The normalized spacial score (nSPS) is 15.2. The molecule has 0 spiro atoms. The van der Waals surface area contributed by atoms with Gasteiger partial charge in [-0.1, -0.05) is 13.0 Å². The van der Waals surface area contributed by atoms with E-state index in [0.29, 0.717) is 17.5 Å². The highest BCUT2D eigenvalue weighted by atomic mass is 19.1. The number of rotatable bonds is 3. The van der Waals surface area contributed by atoms with Crippen LogP contribution in [0, 0.1) is 12.7 Å². The fourth-order valence-corrected chi connectivity index (χ4v) is 1.40. The molecular formula is C11H15FO2. The summed E-state index contributed by atoms with van der Waals surface area (Å²) in [4.78, 5) is 0. The van der Waals surface area contributed by atoms with Gasteiger partial charge in [-0.25, -0.2) is 4.39 Å². The first-order chi connectivity index (χ1) is 6.56. The minimum atomic E-state index is -0.930. The lowest BCUT2D eigenvalue weighted by molar-refractivity contribution is 0.0161. The summed E-state index contributed by atoms with van der Waals surface area (Å²) >= 11 is 0. The fraction of sp³-hybridized carbons (Fsp3) is 0.455. The van der Waals surface area contributed by atoms with Gasteiger partial charge in [0.25, 0.3) is 0 Å². The van der Waals surface area contributed by atoms with Crippen LogP contribution in [0.1, 0.15) is 30.6 Å². The molecule has 0 saturated heterocycles. The first kappa shape index (κ1) is 11.1. The van der Waals surface area contributed by atoms with Crippen molar-refractivity contribution in [1.82, 2.24) is 0 Å². The average molecular weight is 198 g/mol. The fourth-order valence-electron chi connectivity index (χ4n) is 1.40. The van der Waals surface area contributed by atoms with E-state index in [1.807, 2.05) is 0 Å². The summed E-state index contributed by atoms with van der Waals surface area (Å²) in [6.45, 7) is 3.50. The van der Waals surface area contributed by atoms with E-state index in [2.05, 4.69) is 0 Å². The Kier molecular flexibility index (Phi) is 3.61. The second-order valence-electron chi connectivity index (χ2n) is 3.42. The minimum Gasteiger partial charge on any atom is -0.390 e. The molecular weight excluding hydrogens is 183 g/mol. The van der Waals surface area contributed by atoms with Crippen molar-refractivity contribution >= 4 is 0 Å². The number of aryl methyl sites for hydroxylation is 1. The summed E-state index contributed by atoms with van der Waals surface area (Å²) < 4.78 is 12.7. The molecule has 2 N–H and O–H groups in total. The van der Waals surface area contributed by atoms with Gasteiger partial charge in [0.2, 0.25) is 0 Å². The van der Waals surface area contributed by atoms with E-state index in [9.17, 15) is 14.6 Å². The van der Waals surface area contributed by atoms with Crippen molar-refractivity contribution in [2.24, 2.45) is 0 Å². The van der Waals surface area contributed by atoms with Crippen molar-refractivity contribution in [3.8, 4) is 0 Å². The van der Waals surface area contributed by atoms with Crippen molar-refractivity contribution in [2.75, 3.05) is 0 Å². The summed E-state index contributed by atoms with van der Waals surface area (Å²) in [6, 6.07) is 4.14. The monoisotopic (exact) mass is 198 g/mol. The largest absolute Gasteiger partial charge is 0.390 e. The highest BCUT2D eigenvalue weighted by Crippen LogP contribution is 2.22. The second kappa shape index (κ2) is 4.53. The molecule has 0 radical (unpaired) electrons. The molecule has 1 aromatic carbocycles. The van der Waals surface area contributed by atoms with Gasteiger partial charge < -0.3 is 10.2 Å². The Hall–Kier alpha value is -0.930. The zero-order valence-corrected chi connectivity index (χ0v) is 8.37. The summed E-state index contributed by atoms with van der Waals surface area (Å²) in [5.74, 6) is -0.329. The zero-order chi connectivity index (χ0) is 10.7. The Labute approximate surface area is 83.0 Å². The van der Waals surface area contributed by atoms with E-state index in [-0.39, 0.29) is 5.82 Å². The van der Waals surface area contributed by atoms with Crippen LogP contribution >= 0.6 is 0 Å². The van der Waals surface area contributed by atoms with Crippen molar-refractivity contribution in [3.05, 3.63) is 35.1 Å². The molecule has 0 amide bonds. The van der Waals surface area contributed by atoms with Gasteiger partial charge in [-0.05, 0) is 36.6 Å². The molecule has 78 valence electrons. The van der Waals surface area contributed by atoms with E-state index in [0.717, 1.165) is 0 Å². The van der Waals surface area contributed by atoms with Crippen LogP contribution in [0.5, 0.6) is 0 Å². The Bertz CT molecular complexity index is 312. The Morgan fingerprint density at radius 2 is 2.00 bits per heavy atom. The highest BCUT2D eigenvalue weighted by Gasteiger charge is 2.18. The molecule has 0 bridgehead atoms. The number of benzene rings is 1. The predicted molar refractivity (Wildman–Crippen MR) is 52.4 cm³/mol. The predicted octanol–water partition coefficient (Wildman–Crippen LogP) is 1.94. The molecule has 1 aromatic rings. The van der Waals surface area contributed by atoms with Gasteiger partial charge in [-0.15, -0.1) is 0 Å². The van der Waals surface area contributed by atoms with Crippen LogP contribution in [0.15, 0.2) is 18.2 Å². The van der Waals surface area contributed by atoms with Gasteiger partial charge in [-0.2, -0.15) is 0 Å². The molecule has 0 fully saturated rings. The summed E-state index contributed by atoms with van der Waals surface area (Å²) in [5, 5.41) is 19.1. The first-order valence-corrected chi connectivity index (χ1v) is 4.68.